The fourth-order valence-corrected chi connectivity index (χ4v) is 6.51. The molecule has 10 heteroatoms. The van der Waals surface area contributed by atoms with Crippen LogP contribution in [0.2, 0.25) is 5.02 Å². The first-order valence-electron chi connectivity index (χ1n) is 12.9. The Hall–Kier alpha value is -2.65. The van der Waals surface area contributed by atoms with E-state index in [-0.39, 0.29) is 24.2 Å². The van der Waals surface area contributed by atoms with Gasteiger partial charge in [0.05, 0.1) is 5.60 Å². The number of imide groups is 1. The van der Waals surface area contributed by atoms with Gasteiger partial charge in [0, 0.05) is 36.5 Å². The lowest BCUT2D eigenvalue weighted by Gasteiger charge is -2.51. The van der Waals surface area contributed by atoms with Crippen molar-refractivity contribution in [3.63, 3.8) is 0 Å². The molecule has 2 aliphatic heterocycles. The van der Waals surface area contributed by atoms with E-state index in [1.165, 1.54) is 4.90 Å². The molecule has 2 saturated heterocycles. The number of benzene rings is 1. The Morgan fingerprint density at radius 2 is 1.81 bits per heavy atom. The van der Waals surface area contributed by atoms with Gasteiger partial charge in [-0.25, -0.2) is 4.79 Å². The number of carbonyl (C=O) groups excluding carboxylic acids is 4. The summed E-state index contributed by atoms with van der Waals surface area (Å²) in [6, 6.07) is 5.94. The van der Waals surface area contributed by atoms with Gasteiger partial charge in [0.1, 0.15) is 11.6 Å². The SMILES string of the molecule is CC(C)[C@H](C(=O)N1CC[C@](O)(c2ccc(Cl)cc2)C(C)(C)C1)N(C)C(=O)[C@@H]1CCC2(C1)NC(=O)NC2=O. The summed E-state index contributed by atoms with van der Waals surface area (Å²) in [5.41, 5.74) is -2.06. The summed E-state index contributed by atoms with van der Waals surface area (Å²) in [5.74, 6) is -1.36. The van der Waals surface area contributed by atoms with Crippen LogP contribution in [-0.4, -0.2) is 70.4 Å². The summed E-state index contributed by atoms with van der Waals surface area (Å²) in [6.07, 6.45) is 1.42. The molecule has 9 nitrogen and oxygen atoms in total. The average molecular weight is 533 g/mol. The summed E-state index contributed by atoms with van der Waals surface area (Å²) in [6.45, 7) is 8.39. The number of rotatable bonds is 5. The summed E-state index contributed by atoms with van der Waals surface area (Å²) >= 11 is 6.04. The largest absolute Gasteiger partial charge is 0.384 e. The maximum atomic E-state index is 13.8. The molecular formula is C27H37ClN4O5. The number of urea groups is 1. The van der Waals surface area contributed by atoms with Crippen LogP contribution in [0.15, 0.2) is 24.3 Å². The van der Waals surface area contributed by atoms with Crippen molar-refractivity contribution >= 4 is 35.4 Å². The van der Waals surface area contributed by atoms with Gasteiger partial charge in [-0.3, -0.25) is 19.7 Å². The molecule has 4 rings (SSSR count). The van der Waals surface area contributed by atoms with Crippen LogP contribution in [0.3, 0.4) is 0 Å². The third kappa shape index (κ3) is 4.72. The lowest BCUT2D eigenvalue weighted by Crippen LogP contribution is -2.61. The number of halogens is 1. The van der Waals surface area contributed by atoms with Crippen molar-refractivity contribution in [1.82, 2.24) is 20.4 Å². The number of hydrogen-bond donors (Lipinski definition) is 3. The summed E-state index contributed by atoms with van der Waals surface area (Å²) in [7, 11) is 1.64. The van der Waals surface area contributed by atoms with E-state index in [2.05, 4.69) is 10.6 Å². The fraction of sp³-hybridized carbons (Fsp3) is 0.630. The van der Waals surface area contributed by atoms with Gasteiger partial charge < -0.3 is 20.2 Å². The first-order valence-corrected chi connectivity index (χ1v) is 13.3. The molecule has 5 amide bonds. The molecule has 1 saturated carbocycles. The van der Waals surface area contributed by atoms with Crippen LogP contribution in [0.5, 0.6) is 0 Å². The second-order valence-corrected chi connectivity index (χ2v) is 12.3. The lowest BCUT2D eigenvalue weighted by molar-refractivity contribution is -0.162. The average Bonchev–Trinajstić information content (AvgIpc) is 3.37. The van der Waals surface area contributed by atoms with E-state index in [1.54, 1.807) is 24.1 Å². The number of nitrogens with one attached hydrogen (secondary N) is 2. The molecule has 202 valence electrons. The van der Waals surface area contributed by atoms with E-state index in [1.807, 2.05) is 39.8 Å². The molecule has 1 spiro atoms. The van der Waals surface area contributed by atoms with Crippen LogP contribution in [0.1, 0.15) is 58.9 Å². The van der Waals surface area contributed by atoms with E-state index >= 15 is 0 Å². The Kier molecular flexibility index (Phi) is 7.09. The zero-order valence-corrected chi connectivity index (χ0v) is 22.9. The van der Waals surface area contributed by atoms with Crippen molar-refractivity contribution in [1.29, 1.82) is 0 Å². The van der Waals surface area contributed by atoms with E-state index in [0.717, 1.165) is 5.56 Å². The summed E-state index contributed by atoms with van der Waals surface area (Å²) < 4.78 is 0. The van der Waals surface area contributed by atoms with Crippen molar-refractivity contribution < 1.29 is 24.3 Å². The minimum absolute atomic E-state index is 0.147. The van der Waals surface area contributed by atoms with Gasteiger partial charge in [-0.05, 0) is 49.3 Å². The number of nitrogens with zero attached hydrogens (tertiary/aromatic N) is 2. The number of aliphatic hydroxyl groups is 1. The molecule has 2 heterocycles. The van der Waals surface area contributed by atoms with Crippen molar-refractivity contribution in [3.8, 4) is 0 Å². The first kappa shape index (κ1) is 27.4. The Balaban J connectivity index is 1.48. The van der Waals surface area contributed by atoms with Crippen molar-refractivity contribution in [2.45, 2.75) is 70.6 Å². The number of likely N-dealkylation sites (tertiary alicyclic amines) is 1. The van der Waals surface area contributed by atoms with Crippen LogP contribution in [-0.2, 0) is 20.0 Å². The highest BCUT2D eigenvalue weighted by atomic mass is 35.5. The van der Waals surface area contributed by atoms with E-state index in [4.69, 9.17) is 11.6 Å². The molecule has 0 aromatic heterocycles. The van der Waals surface area contributed by atoms with Crippen molar-refractivity contribution in [3.05, 3.63) is 34.9 Å². The molecule has 3 N–H and O–H groups in total. The normalized spacial score (nSPS) is 29.8. The second-order valence-electron chi connectivity index (χ2n) is 11.8. The zero-order valence-electron chi connectivity index (χ0n) is 22.1. The predicted molar refractivity (Wildman–Crippen MR) is 138 cm³/mol. The highest BCUT2D eigenvalue weighted by molar-refractivity contribution is 6.30. The smallest absolute Gasteiger partial charge is 0.322 e. The molecule has 37 heavy (non-hydrogen) atoms. The van der Waals surface area contributed by atoms with Gasteiger partial charge in [0.25, 0.3) is 5.91 Å². The minimum Gasteiger partial charge on any atom is -0.384 e. The van der Waals surface area contributed by atoms with Gasteiger partial charge >= 0.3 is 6.03 Å². The monoisotopic (exact) mass is 532 g/mol. The molecule has 1 aliphatic carbocycles. The molecule has 0 bridgehead atoms. The second kappa shape index (κ2) is 9.58. The van der Waals surface area contributed by atoms with Gasteiger partial charge in [-0.1, -0.05) is 51.4 Å². The first-order chi connectivity index (χ1) is 17.2. The van der Waals surface area contributed by atoms with Crippen LogP contribution >= 0.6 is 11.6 Å². The van der Waals surface area contributed by atoms with Crippen LogP contribution in [0, 0.1) is 17.3 Å². The maximum Gasteiger partial charge on any atom is 0.322 e. The predicted octanol–water partition coefficient (Wildman–Crippen LogP) is 2.65. The fourth-order valence-electron chi connectivity index (χ4n) is 6.39. The number of piperidine rings is 1. The molecule has 4 atom stereocenters. The third-order valence-electron chi connectivity index (χ3n) is 8.61. The van der Waals surface area contributed by atoms with E-state index in [0.29, 0.717) is 37.4 Å². The highest BCUT2D eigenvalue weighted by Gasteiger charge is 2.54. The maximum absolute atomic E-state index is 13.8. The summed E-state index contributed by atoms with van der Waals surface area (Å²) in [5, 5.41) is 17.2. The molecule has 1 aromatic rings. The Morgan fingerprint density at radius 1 is 1.16 bits per heavy atom. The Labute approximate surface area is 222 Å². The highest BCUT2D eigenvalue weighted by Crippen LogP contribution is 2.46. The minimum atomic E-state index is -1.13. The third-order valence-corrected chi connectivity index (χ3v) is 8.86. The van der Waals surface area contributed by atoms with Gasteiger partial charge in [0.15, 0.2) is 0 Å². The molecule has 3 aliphatic rings. The number of amides is 5. The van der Waals surface area contributed by atoms with E-state index in [9.17, 15) is 24.3 Å². The quantitative estimate of drug-likeness (QED) is 0.504. The van der Waals surface area contributed by atoms with Gasteiger partial charge in [0.2, 0.25) is 11.8 Å². The summed E-state index contributed by atoms with van der Waals surface area (Å²) in [4.78, 5) is 54.6. The number of carbonyl (C=O) groups is 4. The lowest BCUT2D eigenvalue weighted by atomic mass is 9.66. The Bertz CT molecular complexity index is 1110. The van der Waals surface area contributed by atoms with Crippen LogP contribution < -0.4 is 10.6 Å². The van der Waals surface area contributed by atoms with E-state index < -0.39 is 40.5 Å². The molecule has 3 fully saturated rings. The molecular weight excluding hydrogens is 496 g/mol. The van der Waals surface area contributed by atoms with Crippen LogP contribution in [0.25, 0.3) is 0 Å². The van der Waals surface area contributed by atoms with Crippen LogP contribution in [0.4, 0.5) is 4.79 Å². The molecule has 1 unspecified atom stereocenters. The molecule has 0 radical (unpaired) electrons. The topological polar surface area (TPSA) is 119 Å². The molecule has 1 aromatic carbocycles. The standard InChI is InChI=1S/C27H37ClN4O5/c1-16(2)20(31(5)21(33)17-10-11-26(14-17)23(35)29-24(36)30-26)22(34)32-13-12-27(37,25(3,4)15-32)18-6-8-19(28)9-7-18/h6-9,16-17,20,37H,10-15H2,1-5H3,(H2,29,30,35,36)/t17-,20-,26?,27+/m1/s1. The number of likely N-dealkylation sites (N-methyl/N-ethyl adjacent to an activating group) is 1. The van der Waals surface area contributed by atoms with Gasteiger partial charge in [-0.15, -0.1) is 0 Å². The van der Waals surface area contributed by atoms with Gasteiger partial charge in [-0.2, -0.15) is 0 Å². The zero-order chi connectivity index (χ0) is 27.3. The Morgan fingerprint density at radius 3 is 2.35 bits per heavy atom. The van der Waals surface area contributed by atoms with Crippen molar-refractivity contribution in [2.24, 2.45) is 17.3 Å². The number of hydrogen-bond acceptors (Lipinski definition) is 5. The van der Waals surface area contributed by atoms with Crippen molar-refractivity contribution in [2.75, 3.05) is 20.1 Å².